The van der Waals surface area contributed by atoms with Crippen molar-refractivity contribution in [1.29, 1.82) is 0 Å². The molecule has 0 aromatic carbocycles. The smallest absolute Gasteiger partial charge is 0.222 e. The summed E-state index contributed by atoms with van der Waals surface area (Å²) >= 11 is 0. The Bertz CT molecular complexity index is 487. The highest BCUT2D eigenvalue weighted by Gasteiger charge is 2.38. The zero-order chi connectivity index (χ0) is 23.2. The lowest BCUT2D eigenvalue weighted by atomic mass is 9.71. The maximum atomic E-state index is 13.0. The molecule has 2 saturated heterocycles. The highest BCUT2D eigenvalue weighted by atomic mass is 16.2. The SMILES string of the molecule is CCCCCC(CCCC)CCC(=O)N1CCC2(CCN(CC(CC)CCC)CC2)CC1. The van der Waals surface area contributed by atoms with Gasteiger partial charge in [-0.1, -0.05) is 85.5 Å². The van der Waals surface area contributed by atoms with Crippen LogP contribution in [0.15, 0.2) is 0 Å². The fourth-order valence-corrected chi connectivity index (χ4v) is 6.23. The minimum Gasteiger partial charge on any atom is -0.343 e. The van der Waals surface area contributed by atoms with Crippen LogP contribution in [-0.4, -0.2) is 48.4 Å². The summed E-state index contributed by atoms with van der Waals surface area (Å²) in [5.74, 6) is 2.10. The third-order valence-electron chi connectivity index (χ3n) is 8.83. The first kappa shape index (κ1) is 27.7. The van der Waals surface area contributed by atoms with Gasteiger partial charge in [0, 0.05) is 26.1 Å². The molecular formula is C29H56N2O. The molecule has 1 amide bonds. The van der Waals surface area contributed by atoms with Crippen LogP contribution >= 0.6 is 0 Å². The van der Waals surface area contributed by atoms with Gasteiger partial charge in [-0.2, -0.15) is 0 Å². The van der Waals surface area contributed by atoms with E-state index in [4.69, 9.17) is 0 Å². The van der Waals surface area contributed by atoms with Crippen LogP contribution in [0.3, 0.4) is 0 Å². The van der Waals surface area contributed by atoms with Gasteiger partial charge in [0.05, 0.1) is 0 Å². The molecule has 2 aliphatic heterocycles. The number of unbranched alkanes of at least 4 members (excludes halogenated alkanes) is 3. The zero-order valence-corrected chi connectivity index (χ0v) is 22.3. The van der Waals surface area contributed by atoms with Gasteiger partial charge in [-0.3, -0.25) is 4.79 Å². The van der Waals surface area contributed by atoms with Gasteiger partial charge in [0.2, 0.25) is 5.91 Å². The second-order valence-corrected chi connectivity index (χ2v) is 11.3. The summed E-state index contributed by atoms with van der Waals surface area (Å²) in [7, 11) is 0. The maximum Gasteiger partial charge on any atom is 0.222 e. The second-order valence-electron chi connectivity index (χ2n) is 11.3. The Hall–Kier alpha value is -0.570. The normalized spacial score (nSPS) is 21.1. The summed E-state index contributed by atoms with van der Waals surface area (Å²) in [5, 5.41) is 0. The standard InChI is InChI=1S/C29H56N2O/c1-5-9-11-14-27(13-10-6-2)15-16-28(32)31-23-19-29(20-24-31)17-21-30(22-18-29)25-26(8-4)12-7-3/h26-27H,5-25H2,1-4H3. The Morgan fingerprint density at radius 3 is 1.94 bits per heavy atom. The molecule has 188 valence electrons. The van der Waals surface area contributed by atoms with Crippen molar-refractivity contribution in [3.63, 3.8) is 0 Å². The number of hydrogen-bond acceptors (Lipinski definition) is 2. The van der Waals surface area contributed by atoms with Crippen LogP contribution in [-0.2, 0) is 4.79 Å². The highest BCUT2D eigenvalue weighted by Crippen LogP contribution is 2.41. The lowest BCUT2D eigenvalue weighted by Gasteiger charge is -2.47. The molecule has 2 fully saturated rings. The van der Waals surface area contributed by atoms with Crippen LogP contribution in [0, 0.1) is 17.3 Å². The van der Waals surface area contributed by atoms with E-state index in [0.29, 0.717) is 11.3 Å². The minimum atomic E-state index is 0.444. The van der Waals surface area contributed by atoms with E-state index in [1.165, 1.54) is 110 Å². The molecule has 0 aliphatic carbocycles. The van der Waals surface area contributed by atoms with E-state index >= 15 is 0 Å². The molecule has 0 aromatic rings. The van der Waals surface area contributed by atoms with Crippen LogP contribution in [0.1, 0.15) is 130 Å². The lowest BCUT2D eigenvalue weighted by Crippen LogP contribution is -2.48. The van der Waals surface area contributed by atoms with Crippen molar-refractivity contribution in [2.75, 3.05) is 32.7 Å². The van der Waals surface area contributed by atoms with E-state index < -0.39 is 0 Å². The molecule has 2 atom stereocenters. The molecule has 3 heteroatoms. The van der Waals surface area contributed by atoms with Crippen molar-refractivity contribution >= 4 is 5.91 Å². The van der Waals surface area contributed by atoms with Gasteiger partial charge < -0.3 is 9.80 Å². The number of nitrogens with zero attached hydrogens (tertiary/aromatic N) is 2. The van der Waals surface area contributed by atoms with Crippen molar-refractivity contribution in [2.45, 2.75) is 130 Å². The molecule has 3 nitrogen and oxygen atoms in total. The Labute approximate surface area is 201 Å². The fraction of sp³-hybridized carbons (Fsp3) is 0.966. The topological polar surface area (TPSA) is 23.6 Å². The lowest BCUT2D eigenvalue weighted by molar-refractivity contribution is -0.134. The molecule has 0 saturated carbocycles. The summed E-state index contributed by atoms with van der Waals surface area (Å²) in [6.07, 6.45) is 20.4. The predicted octanol–water partition coefficient (Wildman–Crippen LogP) is 7.68. The third kappa shape index (κ3) is 9.35. The first-order valence-electron chi connectivity index (χ1n) is 14.6. The van der Waals surface area contributed by atoms with Crippen molar-refractivity contribution in [2.24, 2.45) is 17.3 Å². The Kier molecular flexibility index (Phi) is 13.3. The number of carbonyl (C=O) groups excluding carboxylic acids is 1. The summed E-state index contributed by atoms with van der Waals surface area (Å²) in [6.45, 7) is 15.2. The molecule has 1 spiro atoms. The Balaban J connectivity index is 1.70. The van der Waals surface area contributed by atoms with E-state index in [1.54, 1.807) is 0 Å². The fourth-order valence-electron chi connectivity index (χ4n) is 6.23. The van der Waals surface area contributed by atoms with Crippen LogP contribution in [0.4, 0.5) is 0 Å². The van der Waals surface area contributed by atoms with E-state index in [0.717, 1.165) is 37.8 Å². The predicted molar refractivity (Wildman–Crippen MR) is 139 cm³/mol. The van der Waals surface area contributed by atoms with E-state index in [9.17, 15) is 4.79 Å². The van der Waals surface area contributed by atoms with Crippen LogP contribution in [0.5, 0.6) is 0 Å². The van der Waals surface area contributed by atoms with Crippen molar-refractivity contribution in [1.82, 2.24) is 9.80 Å². The number of rotatable bonds is 15. The van der Waals surface area contributed by atoms with Crippen molar-refractivity contribution < 1.29 is 4.79 Å². The number of hydrogen-bond donors (Lipinski definition) is 0. The van der Waals surface area contributed by atoms with Gasteiger partial charge >= 0.3 is 0 Å². The Morgan fingerprint density at radius 2 is 1.34 bits per heavy atom. The first-order valence-corrected chi connectivity index (χ1v) is 14.6. The van der Waals surface area contributed by atoms with Gasteiger partial charge in [0.1, 0.15) is 0 Å². The minimum absolute atomic E-state index is 0.444. The summed E-state index contributed by atoms with van der Waals surface area (Å²) < 4.78 is 0. The summed E-state index contributed by atoms with van der Waals surface area (Å²) in [4.78, 5) is 17.9. The molecule has 2 unspecified atom stereocenters. The van der Waals surface area contributed by atoms with Gasteiger partial charge in [0.15, 0.2) is 0 Å². The molecule has 2 rings (SSSR count). The van der Waals surface area contributed by atoms with Crippen LogP contribution in [0.25, 0.3) is 0 Å². The monoisotopic (exact) mass is 448 g/mol. The molecule has 32 heavy (non-hydrogen) atoms. The molecule has 0 bridgehead atoms. The van der Waals surface area contributed by atoms with Crippen molar-refractivity contribution in [3.05, 3.63) is 0 Å². The van der Waals surface area contributed by atoms with Crippen LogP contribution < -0.4 is 0 Å². The summed E-state index contributed by atoms with van der Waals surface area (Å²) in [6, 6.07) is 0. The first-order chi connectivity index (χ1) is 15.6. The van der Waals surface area contributed by atoms with E-state index in [1.807, 2.05) is 0 Å². The summed E-state index contributed by atoms with van der Waals surface area (Å²) in [5.41, 5.74) is 0.531. The average Bonchev–Trinajstić information content (AvgIpc) is 2.82. The van der Waals surface area contributed by atoms with Gasteiger partial charge in [-0.05, 0) is 68.9 Å². The quantitative estimate of drug-likeness (QED) is 0.240. The third-order valence-corrected chi connectivity index (χ3v) is 8.83. The molecule has 0 radical (unpaired) electrons. The second kappa shape index (κ2) is 15.4. The molecule has 2 heterocycles. The molecule has 0 aromatic heterocycles. The highest BCUT2D eigenvalue weighted by molar-refractivity contribution is 5.76. The Morgan fingerprint density at radius 1 is 0.719 bits per heavy atom. The maximum absolute atomic E-state index is 13.0. The van der Waals surface area contributed by atoms with E-state index in [2.05, 4.69) is 37.5 Å². The molecular weight excluding hydrogens is 392 g/mol. The molecule has 2 aliphatic rings. The van der Waals surface area contributed by atoms with Gasteiger partial charge in [-0.15, -0.1) is 0 Å². The van der Waals surface area contributed by atoms with Crippen LogP contribution in [0.2, 0.25) is 0 Å². The average molecular weight is 449 g/mol. The van der Waals surface area contributed by atoms with Crippen molar-refractivity contribution in [3.8, 4) is 0 Å². The van der Waals surface area contributed by atoms with E-state index in [-0.39, 0.29) is 0 Å². The number of piperidine rings is 2. The number of likely N-dealkylation sites (tertiary alicyclic amines) is 2. The molecule has 0 N–H and O–H groups in total. The zero-order valence-electron chi connectivity index (χ0n) is 22.3. The number of carbonyl (C=O) groups is 1. The largest absolute Gasteiger partial charge is 0.343 e. The number of amides is 1. The van der Waals surface area contributed by atoms with Gasteiger partial charge in [0.25, 0.3) is 0 Å². The van der Waals surface area contributed by atoms with Gasteiger partial charge in [-0.25, -0.2) is 0 Å².